The molecule has 0 unspecified atom stereocenters. The Morgan fingerprint density at radius 2 is 1.79 bits per heavy atom. The van der Waals surface area contributed by atoms with Gasteiger partial charge in [0.05, 0.1) is 10.0 Å². The van der Waals surface area contributed by atoms with Crippen molar-refractivity contribution in [3.63, 3.8) is 0 Å². The number of oxime groups is 1. The van der Waals surface area contributed by atoms with Gasteiger partial charge in [0.1, 0.15) is 25.6 Å². The molecular weight excluding hydrogens is 493 g/mol. The molecular formula is C21H17Cl2F4NO5. The molecule has 1 N–H and O–H groups in total. The Bertz CT molecular complexity index is 1030. The number of carboxylic acid groups (broad SMARTS) is 1. The van der Waals surface area contributed by atoms with Crippen molar-refractivity contribution in [1.29, 1.82) is 0 Å². The van der Waals surface area contributed by atoms with Gasteiger partial charge in [0.25, 0.3) is 0 Å². The van der Waals surface area contributed by atoms with Gasteiger partial charge in [-0.05, 0) is 18.6 Å². The van der Waals surface area contributed by atoms with Crippen LogP contribution in [0.15, 0.2) is 53.5 Å². The molecule has 0 amide bonds. The molecule has 0 aromatic heterocycles. The van der Waals surface area contributed by atoms with Crippen LogP contribution in [0.25, 0.3) is 0 Å². The van der Waals surface area contributed by atoms with E-state index in [2.05, 4.69) is 5.16 Å². The van der Waals surface area contributed by atoms with Gasteiger partial charge in [-0.15, -0.1) is 0 Å². The minimum absolute atomic E-state index is 0.0873. The number of nitrogens with zero attached hydrogens (tertiary/aromatic N) is 1. The Kier molecular flexibility index (Phi) is 9.36. The maximum absolute atomic E-state index is 12.9. The van der Waals surface area contributed by atoms with Gasteiger partial charge in [0, 0.05) is 17.7 Å². The Hall–Kier alpha value is -2.98. The zero-order valence-electron chi connectivity index (χ0n) is 17.0. The highest BCUT2D eigenvalue weighted by molar-refractivity contribution is 6.42. The second-order valence-corrected chi connectivity index (χ2v) is 7.00. The van der Waals surface area contributed by atoms with Crippen molar-refractivity contribution in [2.24, 2.45) is 5.16 Å². The van der Waals surface area contributed by atoms with Crippen LogP contribution < -0.4 is 9.47 Å². The van der Waals surface area contributed by atoms with Crippen LogP contribution in [0.5, 0.6) is 11.5 Å². The van der Waals surface area contributed by atoms with Crippen molar-refractivity contribution in [3.05, 3.63) is 69.5 Å². The van der Waals surface area contributed by atoms with E-state index in [-0.39, 0.29) is 52.1 Å². The maximum atomic E-state index is 12.9. The first-order chi connectivity index (χ1) is 15.5. The lowest BCUT2D eigenvalue weighted by atomic mass is 10.0. The zero-order chi connectivity index (χ0) is 24.6. The molecule has 6 nitrogen and oxygen atoms in total. The smallest absolute Gasteiger partial charge is 0.442 e. The predicted octanol–water partition coefficient (Wildman–Crippen LogP) is 6.19. The molecule has 0 bridgehead atoms. The number of hydrogen-bond donors (Lipinski definition) is 1. The molecule has 2 aromatic carbocycles. The van der Waals surface area contributed by atoms with Crippen LogP contribution in [0.4, 0.5) is 17.6 Å². The molecule has 2 aromatic rings. The molecule has 0 heterocycles. The molecule has 0 fully saturated rings. The van der Waals surface area contributed by atoms with Gasteiger partial charge in [-0.2, -0.15) is 13.2 Å². The minimum Gasteiger partial charge on any atom is -0.489 e. The molecule has 0 saturated heterocycles. The topological polar surface area (TPSA) is 77.4 Å². The number of hydrogen-bond acceptors (Lipinski definition) is 5. The van der Waals surface area contributed by atoms with E-state index in [1.54, 1.807) is 25.1 Å². The molecule has 178 valence electrons. The third kappa shape index (κ3) is 7.54. The van der Waals surface area contributed by atoms with Gasteiger partial charge in [0.2, 0.25) is 5.83 Å². The number of halogens is 6. The first-order valence-electron chi connectivity index (χ1n) is 9.23. The summed E-state index contributed by atoms with van der Waals surface area (Å²) < 4.78 is 60.1. The lowest BCUT2D eigenvalue weighted by Crippen LogP contribution is -2.18. The van der Waals surface area contributed by atoms with E-state index >= 15 is 0 Å². The van der Waals surface area contributed by atoms with E-state index in [1.165, 1.54) is 18.2 Å². The summed E-state index contributed by atoms with van der Waals surface area (Å²) in [5.41, 5.74) is 0.433. The van der Waals surface area contributed by atoms with Crippen LogP contribution in [0.1, 0.15) is 18.1 Å². The monoisotopic (exact) mass is 509 g/mol. The van der Waals surface area contributed by atoms with Crippen LogP contribution in [0, 0.1) is 0 Å². The number of aliphatic carboxylic acids is 1. The number of ether oxygens (including phenoxy) is 2. The van der Waals surface area contributed by atoms with Crippen molar-refractivity contribution < 1.29 is 41.8 Å². The summed E-state index contributed by atoms with van der Waals surface area (Å²) in [5.74, 6) is -3.58. The quantitative estimate of drug-likeness (QED) is 0.234. The number of carbonyl (C=O) groups is 1. The highest BCUT2D eigenvalue weighted by Gasteiger charge is 2.34. The van der Waals surface area contributed by atoms with Gasteiger partial charge in [-0.3, -0.25) is 0 Å². The van der Waals surface area contributed by atoms with Crippen molar-refractivity contribution >= 4 is 34.9 Å². The van der Waals surface area contributed by atoms with Gasteiger partial charge >= 0.3 is 12.1 Å². The molecule has 33 heavy (non-hydrogen) atoms. The van der Waals surface area contributed by atoms with Crippen molar-refractivity contribution in [2.45, 2.75) is 19.7 Å². The number of carboxylic acids is 1. The van der Waals surface area contributed by atoms with Crippen LogP contribution >= 0.6 is 23.2 Å². The minimum atomic E-state index is -5.11. The van der Waals surface area contributed by atoms with Gasteiger partial charge in [-0.1, -0.05) is 52.6 Å². The van der Waals surface area contributed by atoms with Crippen LogP contribution in [-0.2, 0) is 16.2 Å². The van der Waals surface area contributed by atoms with Crippen LogP contribution in [0.3, 0.4) is 0 Å². The van der Waals surface area contributed by atoms with Gasteiger partial charge in [0.15, 0.2) is 11.5 Å². The molecule has 0 radical (unpaired) electrons. The first-order valence-corrected chi connectivity index (χ1v) is 9.99. The highest BCUT2D eigenvalue weighted by Crippen LogP contribution is 2.37. The average molecular weight is 510 g/mol. The molecule has 0 saturated carbocycles. The van der Waals surface area contributed by atoms with Crippen LogP contribution in [-0.4, -0.2) is 36.2 Å². The fourth-order valence-electron chi connectivity index (χ4n) is 2.44. The Balaban J connectivity index is 2.17. The van der Waals surface area contributed by atoms with Crippen molar-refractivity contribution in [1.82, 2.24) is 0 Å². The fourth-order valence-corrected chi connectivity index (χ4v) is 3.02. The molecule has 0 aliphatic rings. The summed E-state index contributed by atoms with van der Waals surface area (Å²) in [7, 11) is 0. The van der Waals surface area contributed by atoms with Crippen molar-refractivity contribution in [3.8, 4) is 11.5 Å². The van der Waals surface area contributed by atoms with Crippen molar-refractivity contribution in [2.75, 3.05) is 13.2 Å². The third-order valence-electron chi connectivity index (χ3n) is 3.89. The summed E-state index contributed by atoms with van der Waals surface area (Å²) in [6, 6.07) is 9.05. The van der Waals surface area contributed by atoms with E-state index in [1.807, 2.05) is 0 Å². The molecule has 2 rings (SSSR count). The van der Waals surface area contributed by atoms with E-state index in [0.29, 0.717) is 5.56 Å². The van der Waals surface area contributed by atoms with E-state index in [4.69, 9.17) is 37.5 Å². The second kappa shape index (κ2) is 11.8. The third-order valence-corrected chi connectivity index (χ3v) is 4.45. The van der Waals surface area contributed by atoms with Gasteiger partial charge in [-0.25, -0.2) is 9.18 Å². The SMILES string of the molecule is CCON=C(C(=O)O)c1ccccc1COc1cc(Cl)c(OCC=C(F)C(F)(F)F)c(Cl)c1. The number of rotatable bonds is 10. The summed E-state index contributed by atoms with van der Waals surface area (Å²) in [4.78, 5) is 16.4. The Morgan fingerprint density at radius 3 is 2.36 bits per heavy atom. The molecule has 0 atom stereocenters. The normalized spacial score (nSPS) is 12.5. The summed E-state index contributed by atoms with van der Waals surface area (Å²) in [6.07, 6.45) is -4.91. The van der Waals surface area contributed by atoms with E-state index in [0.717, 1.165) is 0 Å². The first kappa shape index (κ1) is 26.3. The standard InChI is InChI=1S/C21H17Cl2F4NO5/c1-2-33-28-18(20(29)30)14-6-4-3-5-12(14)11-32-13-9-15(22)19(16(23)10-13)31-8-7-17(24)21(25,26)27/h3-7,9-10H,2,8,11H2,1H3,(H,29,30). The number of benzene rings is 2. The summed E-state index contributed by atoms with van der Waals surface area (Å²) in [6.45, 7) is 0.984. The molecule has 12 heteroatoms. The molecule has 0 aliphatic heterocycles. The van der Waals surface area contributed by atoms with E-state index < -0.39 is 24.6 Å². The number of alkyl halides is 3. The lowest BCUT2D eigenvalue weighted by molar-refractivity contribution is -0.129. The molecule has 0 aliphatic carbocycles. The summed E-state index contributed by atoms with van der Waals surface area (Å²) in [5, 5.41) is 12.9. The lowest BCUT2D eigenvalue weighted by Gasteiger charge is -2.14. The molecule has 0 spiro atoms. The predicted molar refractivity (Wildman–Crippen MR) is 114 cm³/mol. The Labute approximate surface area is 195 Å². The van der Waals surface area contributed by atoms with Gasteiger partial charge < -0.3 is 19.4 Å². The number of allylic oxidation sites excluding steroid dienone is 1. The fraction of sp³-hybridized carbons (Fsp3) is 0.238. The highest BCUT2D eigenvalue weighted by atomic mass is 35.5. The average Bonchev–Trinajstić information content (AvgIpc) is 2.74. The van der Waals surface area contributed by atoms with E-state index in [9.17, 15) is 27.5 Å². The van der Waals surface area contributed by atoms with Crippen LogP contribution in [0.2, 0.25) is 10.0 Å². The zero-order valence-corrected chi connectivity index (χ0v) is 18.5. The maximum Gasteiger partial charge on any atom is 0.442 e. The summed E-state index contributed by atoms with van der Waals surface area (Å²) >= 11 is 12.1. The Morgan fingerprint density at radius 1 is 1.15 bits per heavy atom. The second-order valence-electron chi connectivity index (χ2n) is 6.19. The largest absolute Gasteiger partial charge is 0.489 e.